The van der Waals surface area contributed by atoms with Crippen LogP contribution in [0.2, 0.25) is 0 Å². The molecule has 2 saturated heterocycles. The minimum absolute atomic E-state index is 0.0982. The molecule has 20 heavy (non-hydrogen) atoms. The number of hydrogen-bond acceptors (Lipinski definition) is 3. The first-order valence-corrected chi connectivity index (χ1v) is 8.76. The predicted molar refractivity (Wildman–Crippen MR) is 83.4 cm³/mol. The van der Waals surface area contributed by atoms with Gasteiger partial charge in [0.2, 0.25) is 0 Å². The molecule has 2 fully saturated rings. The Bertz CT molecular complexity index is 448. The van der Waals surface area contributed by atoms with Crippen molar-refractivity contribution in [1.29, 1.82) is 0 Å². The summed E-state index contributed by atoms with van der Waals surface area (Å²) in [6, 6.07) is 4.75. The van der Waals surface area contributed by atoms with Gasteiger partial charge in [-0.25, -0.2) is 0 Å². The summed E-state index contributed by atoms with van der Waals surface area (Å²) in [4.78, 5) is 12.5. The number of amides is 1. The van der Waals surface area contributed by atoms with E-state index in [1.807, 2.05) is 23.9 Å². The zero-order valence-corrected chi connectivity index (χ0v) is 12.6. The van der Waals surface area contributed by atoms with Gasteiger partial charge in [0.05, 0.1) is 0 Å². The van der Waals surface area contributed by atoms with Crippen LogP contribution in [0.3, 0.4) is 0 Å². The van der Waals surface area contributed by atoms with Gasteiger partial charge in [-0.3, -0.25) is 4.79 Å². The zero-order chi connectivity index (χ0) is 13.8. The summed E-state index contributed by atoms with van der Waals surface area (Å²) in [5.74, 6) is 2.39. The molecular formula is C15H23N3OS. The molecule has 0 radical (unpaired) electrons. The molecule has 2 aliphatic heterocycles. The molecule has 1 aromatic rings. The van der Waals surface area contributed by atoms with Gasteiger partial charge < -0.3 is 15.2 Å². The second-order valence-electron chi connectivity index (χ2n) is 5.67. The molecule has 0 aliphatic carbocycles. The Morgan fingerprint density at radius 2 is 2.20 bits per heavy atom. The highest BCUT2D eigenvalue weighted by atomic mass is 32.2. The Morgan fingerprint density at radius 1 is 1.35 bits per heavy atom. The molecule has 0 aromatic carbocycles. The number of nitrogens with zero attached hydrogens (tertiary/aromatic N) is 1. The number of piperidine rings is 1. The highest BCUT2D eigenvalue weighted by Gasteiger charge is 2.22. The summed E-state index contributed by atoms with van der Waals surface area (Å²) < 4.78 is 2.17. The first-order valence-electron chi connectivity index (χ1n) is 7.61. The molecular weight excluding hydrogens is 270 g/mol. The minimum Gasteiger partial charge on any atom is -0.347 e. The summed E-state index contributed by atoms with van der Waals surface area (Å²) >= 11 is 1.94. The summed E-state index contributed by atoms with van der Waals surface area (Å²) in [5.41, 5.74) is 0.826. The fourth-order valence-electron chi connectivity index (χ4n) is 3.10. The van der Waals surface area contributed by atoms with Crippen LogP contribution >= 0.6 is 11.8 Å². The molecule has 1 amide bonds. The second kappa shape index (κ2) is 6.68. The van der Waals surface area contributed by atoms with Gasteiger partial charge in [0, 0.05) is 24.0 Å². The van der Waals surface area contributed by atoms with Crippen LogP contribution in [0.15, 0.2) is 18.3 Å². The number of nitrogens with one attached hydrogen (secondary N) is 2. The van der Waals surface area contributed by atoms with Crippen molar-refractivity contribution in [2.24, 2.45) is 0 Å². The highest BCUT2D eigenvalue weighted by Crippen LogP contribution is 2.22. The molecule has 110 valence electrons. The van der Waals surface area contributed by atoms with E-state index in [1.165, 1.54) is 12.2 Å². The van der Waals surface area contributed by atoms with E-state index in [4.69, 9.17) is 0 Å². The third-order valence-corrected chi connectivity index (χ3v) is 5.42. The maximum Gasteiger partial charge on any atom is 0.268 e. The lowest BCUT2D eigenvalue weighted by Crippen LogP contribution is -2.40. The van der Waals surface area contributed by atoms with Crippen LogP contribution in [-0.2, 0) is 0 Å². The van der Waals surface area contributed by atoms with Crippen LogP contribution in [0.25, 0.3) is 0 Å². The van der Waals surface area contributed by atoms with Crippen LogP contribution in [0.1, 0.15) is 42.2 Å². The van der Waals surface area contributed by atoms with Gasteiger partial charge >= 0.3 is 0 Å². The minimum atomic E-state index is 0.0982. The maximum absolute atomic E-state index is 12.5. The third-order valence-electron chi connectivity index (χ3n) is 4.21. The fourth-order valence-corrected chi connectivity index (χ4v) is 4.18. The van der Waals surface area contributed by atoms with E-state index >= 15 is 0 Å². The maximum atomic E-state index is 12.5. The van der Waals surface area contributed by atoms with Crippen LogP contribution in [0.4, 0.5) is 0 Å². The number of thioether (sulfide) groups is 1. The van der Waals surface area contributed by atoms with Gasteiger partial charge in [-0.1, -0.05) is 0 Å². The predicted octanol–water partition coefficient (Wildman–Crippen LogP) is 2.04. The number of carbonyl (C=O) groups excluding carboxylic acids is 1. The zero-order valence-electron chi connectivity index (χ0n) is 11.8. The van der Waals surface area contributed by atoms with Gasteiger partial charge in [-0.05, 0) is 56.7 Å². The molecule has 1 unspecified atom stereocenters. The number of aromatic nitrogens is 1. The van der Waals surface area contributed by atoms with E-state index in [-0.39, 0.29) is 5.91 Å². The molecule has 1 aromatic heterocycles. The van der Waals surface area contributed by atoms with E-state index in [2.05, 4.69) is 21.4 Å². The molecule has 3 rings (SSSR count). The number of carbonyl (C=O) groups is 1. The topological polar surface area (TPSA) is 46.1 Å². The van der Waals surface area contributed by atoms with E-state index in [9.17, 15) is 4.79 Å². The van der Waals surface area contributed by atoms with Crippen molar-refractivity contribution >= 4 is 17.7 Å². The molecule has 3 heterocycles. The van der Waals surface area contributed by atoms with Crippen molar-refractivity contribution < 1.29 is 4.79 Å². The van der Waals surface area contributed by atoms with Crippen molar-refractivity contribution in [2.75, 3.05) is 24.6 Å². The molecule has 1 atom stereocenters. The summed E-state index contributed by atoms with van der Waals surface area (Å²) in [6.45, 7) is 2.09. The average molecular weight is 293 g/mol. The Hall–Kier alpha value is -0.940. The summed E-state index contributed by atoms with van der Waals surface area (Å²) in [5, 5.41) is 6.58. The Morgan fingerprint density at radius 3 is 2.95 bits per heavy atom. The van der Waals surface area contributed by atoms with Crippen molar-refractivity contribution in [2.45, 2.75) is 37.8 Å². The van der Waals surface area contributed by atoms with Gasteiger partial charge in [0.25, 0.3) is 5.91 Å². The van der Waals surface area contributed by atoms with E-state index < -0.39 is 0 Å². The van der Waals surface area contributed by atoms with Gasteiger partial charge in [0.15, 0.2) is 0 Å². The number of hydrogen-bond donors (Lipinski definition) is 2. The molecule has 4 nitrogen and oxygen atoms in total. The molecule has 0 saturated carbocycles. The quantitative estimate of drug-likeness (QED) is 0.896. The largest absolute Gasteiger partial charge is 0.347 e. The first-order chi connectivity index (χ1) is 9.84. The molecule has 0 spiro atoms. The van der Waals surface area contributed by atoms with E-state index in [0.717, 1.165) is 43.8 Å². The Labute approximate surface area is 124 Å². The Kier molecular flexibility index (Phi) is 4.68. The van der Waals surface area contributed by atoms with Crippen molar-refractivity contribution in [3.8, 4) is 0 Å². The highest BCUT2D eigenvalue weighted by molar-refractivity contribution is 7.99. The lowest BCUT2D eigenvalue weighted by atomic mass is 10.1. The van der Waals surface area contributed by atoms with Crippen LogP contribution in [-0.4, -0.2) is 41.1 Å². The normalized spacial score (nSPS) is 24.5. The second-order valence-corrected chi connectivity index (χ2v) is 6.82. The van der Waals surface area contributed by atoms with E-state index in [1.54, 1.807) is 0 Å². The lowest BCUT2D eigenvalue weighted by Gasteiger charge is -2.27. The third kappa shape index (κ3) is 3.20. The van der Waals surface area contributed by atoms with Crippen LogP contribution in [0, 0.1) is 0 Å². The standard InChI is InChI=1S/C15H23N3OS/c19-15(17-12-3-2-10-20-11-12)14-4-1-9-18(14)13-5-7-16-8-6-13/h1,4,9,12-13,16H,2-3,5-8,10-11H2,(H,17,19). The smallest absolute Gasteiger partial charge is 0.268 e. The monoisotopic (exact) mass is 293 g/mol. The number of rotatable bonds is 3. The van der Waals surface area contributed by atoms with Crippen LogP contribution in [0.5, 0.6) is 0 Å². The fraction of sp³-hybridized carbons (Fsp3) is 0.667. The summed E-state index contributed by atoms with van der Waals surface area (Å²) in [6.07, 6.45) is 6.60. The molecule has 2 N–H and O–H groups in total. The molecule has 0 bridgehead atoms. The van der Waals surface area contributed by atoms with Gasteiger partial charge in [-0.15, -0.1) is 0 Å². The lowest BCUT2D eigenvalue weighted by molar-refractivity contribution is 0.0925. The summed E-state index contributed by atoms with van der Waals surface area (Å²) in [7, 11) is 0. The Balaban J connectivity index is 1.66. The molecule has 2 aliphatic rings. The van der Waals surface area contributed by atoms with Gasteiger partial charge in [0.1, 0.15) is 5.69 Å². The van der Waals surface area contributed by atoms with Gasteiger partial charge in [-0.2, -0.15) is 11.8 Å². The average Bonchev–Trinajstić information content (AvgIpc) is 2.99. The van der Waals surface area contributed by atoms with Crippen molar-refractivity contribution in [1.82, 2.24) is 15.2 Å². The first kappa shape index (κ1) is 14.0. The molecule has 5 heteroatoms. The SMILES string of the molecule is O=C(NC1CCCSC1)c1cccn1C1CCNCC1. The van der Waals surface area contributed by atoms with Crippen molar-refractivity contribution in [3.05, 3.63) is 24.0 Å². The van der Waals surface area contributed by atoms with E-state index in [0.29, 0.717) is 12.1 Å². The van der Waals surface area contributed by atoms with Crippen molar-refractivity contribution in [3.63, 3.8) is 0 Å². The van der Waals surface area contributed by atoms with Crippen LogP contribution < -0.4 is 10.6 Å².